The molecular weight excluding hydrogens is 336 g/mol. The summed E-state index contributed by atoms with van der Waals surface area (Å²) >= 11 is 0. The molecule has 0 radical (unpaired) electrons. The fraction of sp³-hybridized carbons (Fsp3) is 0.571. The van der Waals surface area contributed by atoms with E-state index in [1.807, 2.05) is 6.07 Å². The number of aromatic nitrogens is 3. The van der Waals surface area contributed by atoms with Gasteiger partial charge >= 0.3 is 0 Å². The van der Waals surface area contributed by atoms with Gasteiger partial charge in [-0.25, -0.2) is 0 Å². The Bertz CT molecular complexity index is 722. The number of rotatable bonds is 7. The van der Waals surface area contributed by atoms with Gasteiger partial charge in [0.1, 0.15) is 11.6 Å². The van der Waals surface area contributed by atoms with Crippen LogP contribution in [0.1, 0.15) is 49.8 Å². The van der Waals surface area contributed by atoms with Crippen LogP contribution in [-0.2, 0) is 25.9 Å². The summed E-state index contributed by atoms with van der Waals surface area (Å²) in [7, 11) is 2.09. The van der Waals surface area contributed by atoms with Crippen molar-refractivity contribution < 1.29 is 0 Å². The van der Waals surface area contributed by atoms with Gasteiger partial charge in [0, 0.05) is 46.1 Å². The molecule has 0 aliphatic carbocycles. The fourth-order valence-corrected chi connectivity index (χ4v) is 3.55. The highest BCUT2D eigenvalue weighted by Crippen LogP contribution is 2.15. The van der Waals surface area contributed by atoms with E-state index in [0.717, 1.165) is 57.2 Å². The Hall–Kier alpha value is -2.37. The number of hydrogen-bond donors (Lipinski definition) is 1. The number of hydrogen-bond acceptors (Lipinski definition) is 3. The minimum atomic E-state index is 0.795. The van der Waals surface area contributed by atoms with E-state index in [-0.39, 0.29) is 0 Å². The molecule has 0 saturated heterocycles. The Balaban J connectivity index is 1.54. The Morgan fingerprint density at radius 2 is 2.04 bits per heavy atom. The number of guanidine groups is 1. The van der Waals surface area contributed by atoms with Crippen LogP contribution in [-0.4, -0.2) is 45.8 Å². The van der Waals surface area contributed by atoms with E-state index in [1.54, 1.807) is 0 Å². The topological polar surface area (TPSA) is 58.3 Å². The molecule has 1 aromatic carbocycles. The van der Waals surface area contributed by atoms with Gasteiger partial charge in [-0.05, 0) is 31.7 Å². The summed E-state index contributed by atoms with van der Waals surface area (Å²) in [6.07, 6.45) is 6.78. The molecule has 2 heterocycles. The van der Waals surface area contributed by atoms with Crippen LogP contribution in [0, 0.1) is 0 Å². The molecule has 1 aliphatic rings. The highest BCUT2D eigenvalue weighted by Gasteiger charge is 2.14. The summed E-state index contributed by atoms with van der Waals surface area (Å²) in [6.45, 7) is 5.70. The molecular formula is C21H32N6. The molecule has 0 saturated carbocycles. The number of nitrogens with one attached hydrogen (secondary N) is 1. The predicted octanol–water partition coefficient (Wildman–Crippen LogP) is 3.03. The Morgan fingerprint density at radius 3 is 2.85 bits per heavy atom. The summed E-state index contributed by atoms with van der Waals surface area (Å²) in [5.41, 5.74) is 1.29. The Labute approximate surface area is 162 Å². The molecule has 1 N–H and O–H groups in total. The molecule has 0 atom stereocenters. The maximum absolute atomic E-state index is 4.81. The normalized spacial score (nSPS) is 14.5. The molecule has 0 fully saturated rings. The molecule has 1 aliphatic heterocycles. The third kappa shape index (κ3) is 5.55. The molecule has 3 rings (SSSR count). The minimum absolute atomic E-state index is 0.795. The second-order valence-corrected chi connectivity index (χ2v) is 7.18. The Kier molecular flexibility index (Phi) is 7.25. The molecule has 6 heteroatoms. The summed E-state index contributed by atoms with van der Waals surface area (Å²) in [5, 5.41) is 12.2. The molecule has 0 bridgehead atoms. The van der Waals surface area contributed by atoms with E-state index in [1.165, 1.54) is 30.7 Å². The third-order valence-corrected chi connectivity index (χ3v) is 4.97. The maximum atomic E-state index is 4.81. The van der Waals surface area contributed by atoms with Gasteiger partial charge in [0.2, 0.25) is 0 Å². The van der Waals surface area contributed by atoms with E-state index >= 15 is 0 Å². The van der Waals surface area contributed by atoms with Crippen LogP contribution in [0.15, 0.2) is 35.3 Å². The van der Waals surface area contributed by atoms with Crippen molar-refractivity contribution in [1.29, 1.82) is 0 Å². The zero-order chi connectivity index (χ0) is 18.9. The second-order valence-electron chi connectivity index (χ2n) is 7.18. The van der Waals surface area contributed by atoms with Crippen molar-refractivity contribution in [2.75, 3.05) is 20.1 Å². The van der Waals surface area contributed by atoms with Crippen molar-refractivity contribution in [2.24, 2.45) is 4.99 Å². The first-order valence-electron chi connectivity index (χ1n) is 10.2. The lowest BCUT2D eigenvalue weighted by molar-refractivity contribution is 0.476. The largest absolute Gasteiger partial charge is 0.357 e. The van der Waals surface area contributed by atoms with E-state index in [9.17, 15) is 0 Å². The highest BCUT2D eigenvalue weighted by molar-refractivity contribution is 5.79. The van der Waals surface area contributed by atoms with Crippen LogP contribution in [0.25, 0.3) is 0 Å². The average Bonchev–Trinajstić information content (AvgIpc) is 2.91. The van der Waals surface area contributed by atoms with Gasteiger partial charge in [-0.2, -0.15) is 0 Å². The summed E-state index contributed by atoms with van der Waals surface area (Å²) in [4.78, 5) is 7.00. The summed E-state index contributed by atoms with van der Waals surface area (Å²) in [5.74, 6) is 3.26. The quantitative estimate of drug-likeness (QED) is 0.464. The summed E-state index contributed by atoms with van der Waals surface area (Å²) in [6, 6.07) is 10.5. The standard InChI is InChI=1S/C21H32N6/c1-3-22-21(26(2)17-18-11-6-4-7-12-18)23-15-10-14-20-25-24-19-13-8-5-9-16-27(19)20/h4,6-7,11-12H,3,5,8-10,13-17H2,1-2H3,(H,22,23). The molecule has 2 aromatic rings. The SMILES string of the molecule is CCNC(=NCCCc1nnc2n1CCCCC2)N(C)Cc1ccccc1. The van der Waals surface area contributed by atoms with Crippen molar-refractivity contribution in [3.05, 3.63) is 47.5 Å². The molecule has 0 unspecified atom stereocenters. The van der Waals surface area contributed by atoms with Crippen LogP contribution < -0.4 is 5.32 Å². The maximum Gasteiger partial charge on any atom is 0.193 e. The molecule has 0 amide bonds. The van der Waals surface area contributed by atoms with E-state index in [2.05, 4.69) is 63.2 Å². The fourth-order valence-electron chi connectivity index (χ4n) is 3.55. The zero-order valence-corrected chi connectivity index (χ0v) is 16.7. The van der Waals surface area contributed by atoms with E-state index in [0.29, 0.717) is 0 Å². The van der Waals surface area contributed by atoms with Crippen molar-refractivity contribution in [3.63, 3.8) is 0 Å². The van der Waals surface area contributed by atoms with Gasteiger partial charge in [-0.15, -0.1) is 10.2 Å². The number of nitrogens with zero attached hydrogens (tertiary/aromatic N) is 5. The van der Waals surface area contributed by atoms with Crippen LogP contribution in [0.4, 0.5) is 0 Å². The molecule has 27 heavy (non-hydrogen) atoms. The van der Waals surface area contributed by atoms with E-state index in [4.69, 9.17) is 4.99 Å². The monoisotopic (exact) mass is 368 g/mol. The van der Waals surface area contributed by atoms with Crippen molar-refractivity contribution in [3.8, 4) is 0 Å². The number of fused-ring (bicyclic) bond motifs is 1. The second kappa shape index (κ2) is 10.1. The number of benzene rings is 1. The van der Waals surface area contributed by atoms with Crippen molar-refractivity contribution in [2.45, 2.75) is 58.5 Å². The zero-order valence-electron chi connectivity index (χ0n) is 16.7. The average molecular weight is 369 g/mol. The van der Waals surface area contributed by atoms with Crippen LogP contribution in [0.2, 0.25) is 0 Å². The molecule has 146 valence electrons. The van der Waals surface area contributed by atoms with E-state index < -0.39 is 0 Å². The van der Waals surface area contributed by atoms with Crippen LogP contribution in [0.3, 0.4) is 0 Å². The van der Waals surface area contributed by atoms with Crippen LogP contribution >= 0.6 is 0 Å². The van der Waals surface area contributed by atoms with Crippen molar-refractivity contribution >= 4 is 5.96 Å². The first kappa shape index (κ1) is 19.4. The first-order chi connectivity index (χ1) is 13.3. The van der Waals surface area contributed by atoms with Crippen LogP contribution in [0.5, 0.6) is 0 Å². The van der Waals surface area contributed by atoms with Crippen molar-refractivity contribution in [1.82, 2.24) is 25.0 Å². The molecule has 0 spiro atoms. The minimum Gasteiger partial charge on any atom is -0.357 e. The lowest BCUT2D eigenvalue weighted by Gasteiger charge is -2.22. The van der Waals surface area contributed by atoms with Gasteiger partial charge < -0.3 is 14.8 Å². The smallest absolute Gasteiger partial charge is 0.193 e. The first-order valence-corrected chi connectivity index (χ1v) is 10.2. The highest BCUT2D eigenvalue weighted by atomic mass is 15.3. The molecule has 6 nitrogen and oxygen atoms in total. The van der Waals surface area contributed by atoms with Gasteiger partial charge in [0.15, 0.2) is 5.96 Å². The van der Waals surface area contributed by atoms with Gasteiger partial charge in [-0.3, -0.25) is 4.99 Å². The lowest BCUT2D eigenvalue weighted by Crippen LogP contribution is -2.38. The lowest BCUT2D eigenvalue weighted by atomic mass is 10.2. The summed E-state index contributed by atoms with van der Waals surface area (Å²) < 4.78 is 2.34. The van der Waals surface area contributed by atoms with Gasteiger partial charge in [0.25, 0.3) is 0 Å². The Morgan fingerprint density at radius 1 is 1.19 bits per heavy atom. The van der Waals surface area contributed by atoms with Gasteiger partial charge in [-0.1, -0.05) is 36.8 Å². The predicted molar refractivity (Wildman–Crippen MR) is 110 cm³/mol. The van der Waals surface area contributed by atoms with Gasteiger partial charge in [0.05, 0.1) is 0 Å². The molecule has 1 aromatic heterocycles. The number of aryl methyl sites for hydroxylation is 2. The number of aliphatic imine (C=N–C) groups is 1. The third-order valence-electron chi connectivity index (χ3n) is 4.97.